The van der Waals surface area contributed by atoms with E-state index in [1.165, 1.54) is 29.5 Å². The zero-order chi connectivity index (χ0) is 24.3. The van der Waals surface area contributed by atoms with Crippen LogP contribution in [0.2, 0.25) is 5.02 Å². The molecule has 0 amide bonds. The van der Waals surface area contributed by atoms with Crippen molar-refractivity contribution >= 4 is 11.6 Å². The van der Waals surface area contributed by atoms with Crippen molar-refractivity contribution in [3.63, 3.8) is 0 Å². The Morgan fingerprint density at radius 2 is 1.76 bits per heavy atom. The number of aliphatic hydroxyl groups is 1. The molecule has 34 heavy (non-hydrogen) atoms. The van der Waals surface area contributed by atoms with Crippen LogP contribution in [0.25, 0.3) is 11.1 Å². The highest BCUT2D eigenvalue weighted by Crippen LogP contribution is 2.29. The number of aromatic nitrogens is 3. The van der Waals surface area contributed by atoms with Crippen molar-refractivity contribution in [2.45, 2.75) is 18.7 Å². The van der Waals surface area contributed by atoms with E-state index in [4.69, 9.17) is 11.6 Å². The van der Waals surface area contributed by atoms with E-state index in [1.54, 1.807) is 48.3 Å². The summed E-state index contributed by atoms with van der Waals surface area (Å²) >= 11 is 5.91. The second-order valence-electron chi connectivity index (χ2n) is 8.24. The summed E-state index contributed by atoms with van der Waals surface area (Å²) in [7, 11) is 1.72. The summed E-state index contributed by atoms with van der Waals surface area (Å²) in [6, 6.07) is 14.8. The molecule has 1 aromatic heterocycles. The van der Waals surface area contributed by atoms with Crippen molar-refractivity contribution in [2.75, 3.05) is 13.6 Å². The molecule has 3 aromatic carbocycles. The van der Waals surface area contributed by atoms with Crippen molar-refractivity contribution in [1.29, 1.82) is 0 Å². The van der Waals surface area contributed by atoms with Gasteiger partial charge in [0, 0.05) is 35.3 Å². The van der Waals surface area contributed by atoms with Crippen LogP contribution in [0.1, 0.15) is 11.1 Å². The fourth-order valence-electron chi connectivity index (χ4n) is 4.00. The Kier molecular flexibility index (Phi) is 7.02. The molecular formula is C25H22ClF3N4O. The summed E-state index contributed by atoms with van der Waals surface area (Å²) in [5, 5.41) is 16.0. The van der Waals surface area contributed by atoms with Gasteiger partial charge in [-0.3, -0.25) is 4.90 Å². The van der Waals surface area contributed by atoms with E-state index in [0.29, 0.717) is 21.7 Å². The van der Waals surface area contributed by atoms with Crippen LogP contribution in [0.4, 0.5) is 13.2 Å². The summed E-state index contributed by atoms with van der Waals surface area (Å²) in [4.78, 5) is 5.59. The number of halogens is 4. The lowest BCUT2D eigenvalue weighted by Gasteiger charge is -2.33. The van der Waals surface area contributed by atoms with Crippen LogP contribution in [0.3, 0.4) is 0 Å². The zero-order valence-corrected chi connectivity index (χ0v) is 19.1. The molecular weight excluding hydrogens is 465 g/mol. The number of hydrogen-bond donors (Lipinski definition) is 1. The molecule has 0 saturated heterocycles. The maximum atomic E-state index is 14.8. The van der Waals surface area contributed by atoms with Gasteiger partial charge in [0.1, 0.15) is 35.7 Å². The summed E-state index contributed by atoms with van der Waals surface area (Å²) in [6.45, 7) is 0.139. The summed E-state index contributed by atoms with van der Waals surface area (Å²) in [5.74, 6) is -2.00. The summed E-state index contributed by atoms with van der Waals surface area (Å²) in [6.07, 6.45) is 2.70. The van der Waals surface area contributed by atoms with Crippen molar-refractivity contribution in [3.8, 4) is 11.1 Å². The smallest absolute Gasteiger partial charge is 0.137 e. The van der Waals surface area contributed by atoms with Crippen LogP contribution in [0.15, 0.2) is 73.3 Å². The molecule has 0 aliphatic heterocycles. The van der Waals surface area contributed by atoms with Gasteiger partial charge < -0.3 is 5.11 Å². The van der Waals surface area contributed by atoms with Gasteiger partial charge >= 0.3 is 0 Å². The normalized spacial score (nSPS) is 13.3. The van der Waals surface area contributed by atoms with E-state index in [0.717, 1.165) is 12.1 Å². The molecule has 0 aliphatic rings. The van der Waals surface area contributed by atoms with Crippen LogP contribution in [-0.2, 0) is 18.7 Å². The van der Waals surface area contributed by atoms with Gasteiger partial charge in [-0.05, 0) is 42.4 Å². The molecule has 1 heterocycles. The first-order chi connectivity index (χ1) is 16.2. The molecule has 0 fully saturated rings. The average molecular weight is 487 g/mol. The molecule has 0 bridgehead atoms. The lowest BCUT2D eigenvalue weighted by Crippen LogP contribution is -2.43. The third-order valence-electron chi connectivity index (χ3n) is 5.50. The van der Waals surface area contributed by atoms with Crippen molar-refractivity contribution < 1.29 is 18.3 Å². The third kappa shape index (κ3) is 5.47. The molecule has 176 valence electrons. The van der Waals surface area contributed by atoms with Gasteiger partial charge in [0.25, 0.3) is 0 Å². The second-order valence-corrected chi connectivity index (χ2v) is 8.68. The first-order valence-electron chi connectivity index (χ1n) is 10.5. The Bertz CT molecular complexity index is 1270. The van der Waals surface area contributed by atoms with Crippen molar-refractivity contribution in [2.24, 2.45) is 0 Å². The van der Waals surface area contributed by atoms with E-state index in [-0.39, 0.29) is 25.2 Å². The minimum atomic E-state index is -1.75. The number of likely N-dealkylation sites (N-methyl/N-ethyl adjacent to an activating group) is 1. The van der Waals surface area contributed by atoms with E-state index < -0.39 is 23.1 Å². The Morgan fingerprint density at radius 1 is 1.00 bits per heavy atom. The maximum absolute atomic E-state index is 14.8. The van der Waals surface area contributed by atoms with Crippen molar-refractivity contribution in [1.82, 2.24) is 19.7 Å². The molecule has 5 nitrogen and oxygen atoms in total. The highest BCUT2D eigenvalue weighted by Gasteiger charge is 2.35. The van der Waals surface area contributed by atoms with E-state index in [2.05, 4.69) is 10.1 Å². The van der Waals surface area contributed by atoms with E-state index in [1.807, 2.05) is 0 Å². The van der Waals surface area contributed by atoms with Gasteiger partial charge in [0.2, 0.25) is 0 Å². The van der Waals surface area contributed by atoms with Crippen LogP contribution < -0.4 is 0 Å². The largest absolute Gasteiger partial charge is 0.382 e. The molecule has 1 unspecified atom stereocenters. The van der Waals surface area contributed by atoms with Crippen molar-refractivity contribution in [3.05, 3.63) is 107 Å². The Hall–Kier alpha value is -3.20. The van der Waals surface area contributed by atoms with Gasteiger partial charge in [-0.25, -0.2) is 22.8 Å². The molecule has 0 saturated carbocycles. The van der Waals surface area contributed by atoms with Gasteiger partial charge in [0.05, 0.1) is 6.54 Å². The molecule has 1 atom stereocenters. The molecule has 4 aromatic rings. The SMILES string of the molecule is CN(Cc1ccc(-c2ccc(Cl)cc2)c(F)c1)CC(O)(Cn1cncn1)c1ccc(F)cc1F. The van der Waals surface area contributed by atoms with Gasteiger partial charge in [-0.2, -0.15) is 5.10 Å². The fraction of sp³-hybridized carbons (Fsp3) is 0.200. The zero-order valence-electron chi connectivity index (χ0n) is 18.3. The number of nitrogens with zero attached hydrogens (tertiary/aromatic N) is 4. The molecule has 4 rings (SSSR count). The van der Waals surface area contributed by atoms with Crippen LogP contribution in [0, 0.1) is 17.5 Å². The Labute approximate surface area is 200 Å². The Morgan fingerprint density at radius 3 is 2.41 bits per heavy atom. The van der Waals surface area contributed by atoms with Gasteiger partial charge in [0.15, 0.2) is 0 Å². The summed E-state index contributed by atoms with van der Waals surface area (Å²) < 4.78 is 44.3. The van der Waals surface area contributed by atoms with Crippen LogP contribution >= 0.6 is 11.6 Å². The first kappa shape index (κ1) is 23.9. The first-order valence-corrected chi connectivity index (χ1v) is 10.8. The lowest BCUT2D eigenvalue weighted by molar-refractivity contribution is -0.0175. The molecule has 0 aliphatic carbocycles. The number of hydrogen-bond acceptors (Lipinski definition) is 4. The lowest BCUT2D eigenvalue weighted by atomic mass is 9.92. The third-order valence-corrected chi connectivity index (χ3v) is 5.75. The topological polar surface area (TPSA) is 54.2 Å². The second kappa shape index (κ2) is 9.97. The van der Waals surface area contributed by atoms with E-state index in [9.17, 15) is 18.3 Å². The summed E-state index contributed by atoms with van der Waals surface area (Å²) in [5.41, 5.74) is -0.00183. The van der Waals surface area contributed by atoms with Crippen LogP contribution in [0.5, 0.6) is 0 Å². The molecule has 0 spiro atoms. The minimum absolute atomic E-state index is 0.0318. The predicted molar refractivity (Wildman–Crippen MR) is 123 cm³/mol. The van der Waals surface area contributed by atoms with Gasteiger partial charge in [-0.15, -0.1) is 0 Å². The van der Waals surface area contributed by atoms with Gasteiger partial charge in [-0.1, -0.05) is 41.9 Å². The number of rotatable bonds is 8. The molecule has 0 radical (unpaired) electrons. The maximum Gasteiger partial charge on any atom is 0.137 e. The quantitative estimate of drug-likeness (QED) is 0.379. The monoisotopic (exact) mass is 486 g/mol. The Balaban J connectivity index is 1.55. The average Bonchev–Trinajstić information content (AvgIpc) is 3.27. The molecule has 9 heteroatoms. The van der Waals surface area contributed by atoms with E-state index >= 15 is 0 Å². The standard InChI is InChI=1S/C25H22ClF3N4O/c1-32(12-17-2-8-21(23(28)10-17)18-3-5-19(26)6-4-18)13-25(34,14-33-16-30-15-31-33)22-9-7-20(27)11-24(22)29/h2-11,15-16,34H,12-14H2,1H3. The number of benzene rings is 3. The highest BCUT2D eigenvalue weighted by atomic mass is 35.5. The predicted octanol–water partition coefficient (Wildman–Crippen LogP) is 5.04. The highest BCUT2D eigenvalue weighted by molar-refractivity contribution is 6.30. The minimum Gasteiger partial charge on any atom is -0.382 e. The fourth-order valence-corrected chi connectivity index (χ4v) is 4.13. The molecule has 1 N–H and O–H groups in total. The van der Waals surface area contributed by atoms with Crippen LogP contribution in [-0.4, -0.2) is 38.4 Å².